The van der Waals surface area contributed by atoms with E-state index < -0.39 is 0 Å². The zero-order chi connectivity index (χ0) is 66.3. The van der Waals surface area contributed by atoms with Gasteiger partial charge in [-0.3, -0.25) is 0 Å². The molecule has 0 saturated heterocycles. The topological polar surface area (TPSA) is 6.48 Å². The summed E-state index contributed by atoms with van der Waals surface area (Å²) >= 11 is 0. The van der Waals surface area contributed by atoms with Crippen molar-refractivity contribution < 1.29 is 0 Å². The highest BCUT2D eigenvalue weighted by atomic mass is 15.1. The second kappa shape index (κ2) is 25.8. The summed E-state index contributed by atoms with van der Waals surface area (Å²) in [5.41, 5.74) is 21.8. The second-order valence-corrected chi connectivity index (χ2v) is 25.7. The Morgan fingerprint density at radius 3 is 0.700 bits per heavy atom. The van der Waals surface area contributed by atoms with Crippen molar-refractivity contribution in [2.24, 2.45) is 0 Å². The van der Waals surface area contributed by atoms with Crippen LogP contribution in [0.4, 0.5) is 34.1 Å². The van der Waals surface area contributed by atoms with Crippen LogP contribution in [0.1, 0.15) is 0 Å². The molecule has 468 valence electrons. The van der Waals surface area contributed by atoms with Crippen LogP contribution in [0.25, 0.3) is 142 Å². The van der Waals surface area contributed by atoms with Gasteiger partial charge in [-0.15, -0.1) is 0 Å². The fourth-order valence-electron chi connectivity index (χ4n) is 15.8. The van der Waals surface area contributed by atoms with E-state index in [1.54, 1.807) is 0 Å². The van der Waals surface area contributed by atoms with Gasteiger partial charge in [-0.05, 0) is 198 Å². The zero-order valence-corrected chi connectivity index (χ0v) is 55.0. The van der Waals surface area contributed by atoms with Crippen LogP contribution in [0.5, 0.6) is 0 Å². The normalized spacial score (nSPS) is 11.4. The number of rotatable bonds is 12. The summed E-state index contributed by atoms with van der Waals surface area (Å²) < 4.78 is 0. The number of benzene rings is 19. The number of nitrogens with zero attached hydrogens (tertiary/aromatic N) is 2. The molecule has 2 nitrogen and oxygen atoms in total. The van der Waals surface area contributed by atoms with Gasteiger partial charge in [0.15, 0.2) is 0 Å². The predicted octanol–water partition coefficient (Wildman–Crippen LogP) is 27.8. The van der Waals surface area contributed by atoms with Gasteiger partial charge in [0.1, 0.15) is 0 Å². The Hall–Kier alpha value is -13.1. The molecular formula is C98H66N2. The molecular weight excluding hydrogens is 1210 g/mol. The fourth-order valence-corrected chi connectivity index (χ4v) is 15.8. The van der Waals surface area contributed by atoms with E-state index in [0.29, 0.717) is 0 Å². The number of para-hydroxylation sites is 4. The smallest absolute Gasteiger partial charge is 0.0540 e. The van der Waals surface area contributed by atoms with Crippen molar-refractivity contribution in [3.05, 3.63) is 400 Å². The van der Waals surface area contributed by atoms with Gasteiger partial charge in [0.2, 0.25) is 0 Å². The van der Waals surface area contributed by atoms with E-state index in [1.807, 2.05) is 0 Å². The minimum atomic E-state index is 1.14. The second-order valence-electron chi connectivity index (χ2n) is 25.7. The molecule has 19 aromatic carbocycles. The maximum absolute atomic E-state index is 2.43. The molecule has 19 aromatic rings. The molecule has 0 spiro atoms. The minimum Gasteiger partial charge on any atom is -0.310 e. The maximum Gasteiger partial charge on any atom is 0.0540 e. The zero-order valence-electron chi connectivity index (χ0n) is 55.0. The van der Waals surface area contributed by atoms with Gasteiger partial charge >= 0.3 is 0 Å². The molecule has 19 rings (SSSR count). The molecule has 0 aromatic heterocycles. The molecule has 0 bridgehead atoms. The Balaban J connectivity index is 0.000000152. The lowest BCUT2D eigenvalue weighted by Crippen LogP contribution is -2.11. The molecule has 0 aliphatic rings. The fraction of sp³-hybridized carbons (Fsp3) is 0. The van der Waals surface area contributed by atoms with Gasteiger partial charge in [-0.2, -0.15) is 0 Å². The van der Waals surface area contributed by atoms with Crippen molar-refractivity contribution in [1.29, 1.82) is 0 Å². The molecule has 0 N–H and O–H groups in total. The third-order valence-corrected chi connectivity index (χ3v) is 20.0. The Morgan fingerprint density at radius 2 is 0.390 bits per heavy atom. The Labute approximate surface area is 582 Å². The van der Waals surface area contributed by atoms with Crippen molar-refractivity contribution in [2.45, 2.75) is 0 Å². The van der Waals surface area contributed by atoms with Crippen molar-refractivity contribution in [1.82, 2.24) is 0 Å². The predicted molar refractivity (Wildman–Crippen MR) is 429 cm³/mol. The molecule has 100 heavy (non-hydrogen) atoms. The molecule has 2 heteroatoms. The monoisotopic (exact) mass is 1270 g/mol. The van der Waals surface area contributed by atoms with E-state index in [2.05, 4.69) is 410 Å². The van der Waals surface area contributed by atoms with E-state index in [4.69, 9.17) is 0 Å². The summed E-state index contributed by atoms with van der Waals surface area (Å²) in [6.07, 6.45) is 0. The first-order valence-corrected chi connectivity index (χ1v) is 34.5. The highest BCUT2D eigenvalue weighted by molar-refractivity contribution is 6.29. The summed E-state index contributed by atoms with van der Waals surface area (Å²) in [7, 11) is 0. The molecule has 0 aliphatic carbocycles. The molecule has 0 atom stereocenters. The van der Waals surface area contributed by atoms with Gasteiger partial charge in [0.05, 0.1) is 11.4 Å². The molecule has 0 amide bonds. The number of hydrogen-bond donors (Lipinski definition) is 0. The van der Waals surface area contributed by atoms with E-state index in [1.165, 1.54) is 154 Å². The van der Waals surface area contributed by atoms with Gasteiger partial charge in [-0.25, -0.2) is 0 Å². The van der Waals surface area contributed by atoms with Crippen LogP contribution in [0.15, 0.2) is 400 Å². The first kappa shape index (κ1) is 59.4. The Bertz CT molecular complexity index is 5620. The van der Waals surface area contributed by atoms with Crippen molar-refractivity contribution >= 4 is 110 Å². The molecule has 0 fully saturated rings. The average Bonchev–Trinajstić information content (AvgIpc) is 0.699. The molecule has 0 radical (unpaired) electrons. The molecule has 0 saturated carbocycles. The minimum absolute atomic E-state index is 1.14. The Kier molecular flexibility index (Phi) is 15.3. The van der Waals surface area contributed by atoms with Gasteiger partial charge in [-0.1, -0.05) is 334 Å². The summed E-state index contributed by atoms with van der Waals surface area (Å²) in [6.45, 7) is 0. The van der Waals surface area contributed by atoms with Crippen LogP contribution in [0.2, 0.25) is 0 Å². The quantitative estimate of drug-likeness (QED) is 0.0889. The summed E-state index contributed by atoms with van der Waals surface area (Å²) in [4.78, 5) is 4.74. The van der Waals surface area contributed by atoms with Crippen LogP contribution in [0.3, 0.4) is 0 Å². The lowest BCUT2D eigenvalue weighted by atomic mass is 9.82. The van der Waals surface area contributed by atoms with E-state index in [-0.39, 0.29) is 0 Å². The number of hydrogen-bond acceptors (Lipinski definition) is 2. The van der Waals surface area contributed by atoms with Gasteiger partial charge in [0.25, 0.3) is 0 Å². The van der Waals surface area contributed by atoms with Crippen LogP contribution in [-0.2, 0) is 0 Å². The van der Waals surface area contributed by atoms with Crippen LogP contribution >= 0.6 is 0 Å². The van der Waals surface area contributed by atoms with Gasteiger partial charge < -0.3 is 9.80 Å². The first-order valence-electron chi connectivity index (χ1n) is 34.5. The number of fused-ring (bicyclic) bond motifs is 4. The summed E-state index contributed by atoms with van der Waals surface area (Å²) in [5, 5.41) is 17.6. The van der Waals surface area contributed by atoms with Crippen LogP contribution < -0.4 is 9.80 Å². The Morgan fingerprint density at radius 1 is 0.150 bits per heavy atom. The lowest BCUT2D eigenvalue weighted by Gasteiger charge is -2.29. The van der Waals surface area contributed by atoms with Gasteiger partial charge in [0, 0.05) is 33.5 Å². The highest BCUT2D eigenvalue weighted by Gasteiger charge is 2.25. The van der Waals surface area contributed by atoms with Crippen LogP contribution in [0, 0.1) is 0 Å². The largest absolute Gasteiger partial charge is 0.310 e. The summed E-state index contributed by atoms with van der Waals surface area (Å²) in [6, 6.07) is 145. The SMILES string of the molecule is c1ccc(-c2ccccc2-c2c3ccccc3c(-c3cccc(-c4c5ccccc5c(-c5ccccc5-c5ccccc5)c5ccccc45)c3)c3ccccc23)cc1.c1ccc(N(c2ccccc2)c2ccc3ccc4c(N(c5ccccc5)c5ccccc5)ccc5ccc2c3c54)cc1. The van der Waals surface area contributed by atoms with Crippen molar-refractivity contribution in [3.8, 4) is 66.8 Å². The van der Waals surface area contributed by atoms with E-state index >= 15 is 0 Å². The highest BCUT2D eigenvalue weighted by Crippen LogP contribution is 2.52. The third kappa shape index (κ3) is 10.5. The number of anilines is 6. The molecule has 0 unspecified atom stereocenters. The van der Waals surface area contributed by atoms with Crippen LogP contribution in [-0.4, -0.2) is 0 Å². The molecule has 0 aliphatic heterocycles. The lowest BCUT2D eigenvalue weighted by molar-refractivity contribution is 1.30. The van der Waals surface area contributed by atoms with E-state index in [0.717, 1.165) is 22.7 Å². The standard InChI is InChI=1S/C58H38.C40H28N2/c1-3-20-39(21-4-1)43-26-7-9-28-45(43)57-51-34-15-11-30-47(51)55(48-31-12-16-35-52(48)57)41-24-19-25-42(38-41)56-49-32-13-17-36-53(49)58(54-37-18-14-33-50(54)56)46-29-10-8-27-44(46)40-22-5-2-6-23-40;1-5-13-31(14-6-1)41(32-15-7-2-8-16-32)37-27-23-29-22-26-36-38(28-24-30-21-25-35(37)39(29)40(30)36)42(33-17-9-3-10-18-33)34-19-11-4-12-20-34/h1-38H;1-28H. The first-order chi connectivity index (χ1) is 49.7. The maximum atomic E-state index is 2.43. The average molecular weight is 1270 g/mol. The van der Waals surface area contributed by atoms with Crippen molar-refractivity contribution in [2.75, 3.05) is 9.80 Å². The molecule has 0 heterocycles. The van der Waals surface area contributed by atoms with E-state index in [9.17, 15) is 0 Å². The third-order valence-electron chi connectivity index (χ3n) is 20.0. The summed E-state index contributed by atoms with van der Waals surface area (Å²) in [5.74, 6) is 0. The van der Waals surface area contributed by atoms with Crippen molar-refractivity contribution in [3.63, 3.8) is 0 Å².